The molecule has 0 aromatic carbocycles. The fourth-order valence-electron chi connectivity index (χ4n) is 1.78. The van der Waals surface area contributed by atoms with Crippen LogP contribution in [0.2, 0.25) is 0 Å². The quantitative estimate of drug-likeness (QED) is 0.840. The lowest BCUT2D eigenvalue weighted by Gasteiger charge is -2.17. The molecule has 2 heterocycles. The lowest BCUT2D eigenvalue weighted by atomic mass is 9.92. The predicted octanol–water partition coefficient (Wildman–Crippen LogP) is 1.28. The first-order chi connectivity index (χ1) is 8.73. The zero-order chi connectivity index (χ0) is 14.4. The number of hydrogen-bond acceptors (Lipinski definition) is 4. The van der Waals surface area contributed by atoms with Crippen molar-refractivity contribution in [1.29, 1.82) is 0 Å². The van der Waals surface area contributed by atoms with E-state index >= 15 is 0 Å². The summed E-state index contributed by atoms with van der Waals surface area (Å²) in [4.78, 5) is 20.4. The lowest BCUT2D eigenvalue weighted by molar-refractivity contribution is 0.435. The number of nitrogens with zero attached hydrogens (tertiary/aromatic N) is 4. The van der Waals surface area contributed by atoms with Crippen LogP contribution in [-0.4, -0.2) is 24.2 Å². The fourth-order valence-corrected chi connectivity index (χ4v) is 1.78. The topological polar surface area (TPSA) is 72.9 Å². The molecule has 0 unspecified atom stereocenters. The Kier molecular flexibility index (Phi) is 2.96. The second-order valence-electron chi connectivity index (χ2n) is 5.60. The van der Waals surface area contributed by atoms with Crippen LogP contribution in [0.1, 0.15) is 32.2 Å². The summed E-state index contributed by atoms with van der Waals surface area (Å²) in [6.45, 7) is 7.76. The molecule has 0 saturated heterocycles. The van der Waals surface area contributed by atoms with Gasteiger partial charge in [0.1, 0.15) is 12.1 Å². The largest absolute Gasteiger partial charge is 0.493 e. The molecular weight excluding hydrogens is 244 g/mol. The van der Waals surface area contributed by atoms with Crippen LogP contribution in [0.3, 0.4) is 0 Å². The Labute approximate surface area is 111 Å². The third-order valence-electron chi connectivity index (χ3n) is 3.17. The van der Waals surface area contributed by atoms with Crippen LogP contribution in [0, 0.1) is 6.92 Å². The molecular formula is C13H18N4O2. The van der Waals surface area contributed by atoms with Gasteiger partial charge in [0, 0.05) is 18.5 Å². The third-order valence-corrected chi connectivity index (χ3v) is 3.17. The van der Waals surface area contributed by atoms with Gasteiger partial charge in [-0.15, -0.1) is 0 Å². The molecule has 0 fully saturated rings. The minimum absolute atomic E-state index is 0.0916. The summed E-state index contributed by atoms with van der Waals surface area (Å²) in [5, 5.41) is 10.0. The van der Waals surface area contributed by atoms with E-state index in [0.717, 1.165) is 5.69 Å². The summed E-state index contributed by atoms with van der Waals surface area (Å²) >= 11 is 0. The Balaban J connectivity index is 2.68. The number of aromatic nitrogens is 4. The van der Waals surface area contributed by atoms with Crippen LogP contribution in [0.4, 0.5) is 0 Å². The molecule has 1 N–H and O–H groups in total. The number of rotatable bonds is 1. The monoisotopic (exact) mass is 262 g/mol. The maximum atomic E-state index is 12.1. The van der Waals surface area contributed by atoms with Gasteiger partial charge in [0.05, 0.1) is 11.4 Å². The molecule has 0 aliphatic rings. The molecule has 6 heteroatoms. The average molecular weight is 262 g/mol. The van der Waals surface area contributed by atoms with Gasteiger partial charge in [-0.3, -0.25) is 4.57 Å². The van der Waals surface area contributed by atoms with E-state index in [1.54, 1.807) is 20.0 Å². The highest BCUT2D eigenvalue weighted by Crippen LogP contribution is 2.23. The number of aromatic hydroxyl groups is 1. The molecule has 0 bridgehead atoms. The van der Waals surface area contributed by atoms with E-state index in [4.69, 9.17) is 0 Å². The molecule has 0 radical (unpaired) electrons. The lowest BCUT2D eigenvalue weighted by Crippen LogP contribution is -2.23. The normalized spacial score (nSPS) is 11.8. The van der Waals surface area contributed by atoms with Crippen molar-refractivity contribution < 1.29 is 5.11 Å². The van der Waals surface area contributed by atoms with E-state index in [2.05, 4.69) is 9.97 Å². The summed E-state index contributed by atoms with van der Waals surface area (Å²) in [6, 6.07) is 1.72. The Bertz CT molecular complexity index is 677. The highest BCUT2D eigenvalue weighted by atomic mass is 16.3. The molecule has 2 aromatic heterocycles. The molecule has 0 atom stereocenters. The molecule has 2 rings (SSSR count). The van der Waals surface area contributed by atoms with Gasteiger partial charge in [-0.1, -0.05) is 20.8 Å². The average Bonchev–Trinajstić information content (AvgIpc) is 2.53. The van der Waals surface area contributed by atoms with E-state index < -0.39 is 0 Å². The SMILES string of the molecule is Cc1c(O)n(-c2cc(C(C)(C)C)ncn2)c(=O)n1C. The molecule has 0 aliphatic carbocycles. The van der Waals surface area contributed by atoms with Gasteiger partial charge < -0.3 is 5.11 Å². The molecule has 2 aromatic rings. The van der Waals surface area contributed by atoms with Crippen LogP contribution < -0.4 is 5.69 Å². The van der Waals surface area contributed by atoms with Gasteiger partial charge in [0.15, 0.2) is 0 Å². The van der Waals surface area contributed by atoms with Crippen LogP contribution in [0.5, 0.6) is 5.88 Å². The third kappa shape index (κ3) is 2.14. The second kappa shape index (κ2) is 4.22. The van der Waals surface area contributed by atoms with Gasteiger partial charge in [0.25, 0.3) is 0 Å². The van der Waals surface area contributed by atoms with Crippen molar-refractivity contribution >= 4 is 0 Å². The van der Waals surface area contributed by atoms with Crippen molar-refractivity contribution in [2.24, 2.45) is 7.05 Å². The van der Waals surface area contributed by atoms with Gasteiger partial charge in [-0.25, -0.2) is 19.3 Å². The molecule has 0 saturated carbocycles. The summed E-state index contributed by atoms with van der Waals surface area (Å²) in [7, 11) is 1.61. The highest BCUT2D eigenvalue weighted by molar-refractivity contribution is 5.34. The van der Waals surface area contributed by atoms with Crippen molar-refractivity contribution in [2.75, 3.05) is 0 Å². The first-order valence-corrected chi connectivity index (χ1v) is 6.03. The molecule has 6 nitrogen and oxygen atoms in total. The van der Waals surface area contributed by atoms with Crippen LogP contribution in [0.25, 0.3) is 5.82 Å². The maximum Gasteiger partial charge on any atom is 0.336 e. The second-order valence-corrected chi connectivity index (χ2v) is 5.60. The highest BCUT2D eigenvalue weighted by Gasteiger charge is 2.20. The zero-order valence-corrected chi connectivity index (χ0v) is 11.8. The Morgan fingerprint density at radius 1 is 1.26 bits per heavy atom. The predicted molar refractivity (Wildman–Crippen MR) is 71.7 cm³/mol. The molecule has 102 valence electrons. The van der Waals surface area contributed by atoms with E-state index in [0.29, 0.717) is 11.5 Å². The van der Waals surface area contributed by atoms with Crippen LogP contribution in [0.15, 0.2) is 17.2 Å². The maximum absolute atomic E-state index is 12.1. The minimum Gasteiger partial charge on any atom is -0.493 e. The van der Waals surface area contributed by atoms with Crippen LogP contribution >= 0.6 is 0 Å². The van der Waals surface area contributed by atoms with Gasteiger partial charge in [-0.05, 0) is 6.92 Å². The Morgan fingerprint density at radius 2 is 1.89 bits per heavy atom. The first kappa shape index (κ1) is 13.3. The van der Waals surface area contributed by atoms with Gasteiger partial charge >= 0.3 is 5.69 Å². The number of imidazole rings is 1. The molecule has 0 spiro atoms. The minimum atomic E-state index is -0.325. The van der Waals surface area contributed by atoms with E-state index in [1.807, 2.05) is 20.8 Å². The molecule has 0 amide bonds. The van der Waals surface area contributed by atoms with E-state index in [1.165, 1.54) is 15.5 Å². The fraction of sp³-hybridized carbons (Fsp3) is 0.462. The van der Waals surface area contributed by atoms with E-state index in [9.17, 15) is 9.90 Å². The van der Waals surface area contributed by atoms with Crippen molar-refractivity contribution in [3.05, 3.63) is 34.3 Å². The smallest absolute Gasteiger partial charge is 0.336 e. The summed E-state index contributed by atoms with van der Waals surface area (Å²) < 4.78 is 2.57. The van der Waals surface area contributed by atoms with Gasteiger partial charge in [0.2, 0.25) is 5.88 Å². The van der Waals surface area contributed by atoms with Gasteiger partial charge in [-0.2, -0.15) is 0 Å². The first-order valence-electron chi connectivity index (χ1n) is 6.03. The summed E-state index contributed by atoms with van der Waals surface area (Å²) in [6.07, 6.45) is 1.41. The van der Waals surface area contributed by atoms with Crippen molar-refractivity contribution in [2.45, 2.75) is 33.1 Å². The Morgan fingerprint density at radius 3 is 2.37 bits per heavy atom. The van der Waals surface area contributed by atoms with E-state index in [-0.39, 0.29) is 17.0 Å². The Hall–Kier alpha value is -2.11. The van der Waals surface area contributed by atoms with Crippen molar-refractivity contribution in [3.8, 4) is 11.7 Å². The van der Waals surface area contributed by atoms with Crippen LogP contribution in [-0.2, 0) is 12.5 Å². The number of hydrogen-bond donors (Lipinski definition) is 1. The molecule has 0 aliphatic heterocycles. The standard InChI is InChI=1S/C13H18N4O2/c1-8-11(18)17(12(19)16(8)5)10-6-9(13(2,3)4)14-7-15-10/h6-7,18H,1-5H3. The summed E-state index contributed by atoms with van der Waals surface area (Å²) in [5.74, 6) is 0.289. The molecule has 19 heavy (non-hydrogen) atoms. The summed E-state index contributed by atoms with van der Waals surface area (Å²) in [5.41, 5.74) is 0.834. The van der Waals surface area contributed by atoms with Crippen molar-refractivity contribution in [3.63, 3.8) is 0 Å². The zero-order valence-electron chi connectivity index (χ0n) is 11.8. The van der Waals surface area contributed by atoms with Crippen molar-refractivity contribution in [1.82, 2.24) is 19.1 Å².